The minimum Gasteiger partial charge on any atom is -0.369 e. The molecule has 5 heteroatoms. The van der Waals surface area contributed by atoms with Crippen molar-refractivity contribution in [1.29, 1.82) is 0 Å². The summed E-state index contributed by atoms with van der Waals surface area (Å²) in [6.45, 7) is 8.72. The van der Waals surface area contributed by atoms with Crippen molar-refractivity contribution in [3.05, 3.63) is 0 Å². The van der Waals surface area contributed by atoms with E-state index in [9.17, 15) is 4.79 Å². The molecular weight excluding hydrogens is 252 g/mol. The molecule has 0 saturated carbocycles. The summed E-state index contributed by atoms with van der Waals surface area (Å²) in [5.74, 6) is 0.560. The molecule has 0 radical (unpaired) electrons. The number of carbonyl (C=O) groups is 1. The number of ether oxygens (including phenoxy) is 1. The van der Waals surface area contributed by atoms with E-state index in [1.54, 1.807) is 0 Å². The lowest BCUT2D eigenvalue weighted by atomic mass is 9.95. The van der Waals surface area contributed by atoms with Crippen LogP contribution in [0.1, 0.15) is 40.0 Å². The lowest BCUT2D eigenvalue weighted by Gasteiger charge is -2.31. The topological polar surface area (TPSA) is 50.4 Å². The number of nitrogens with one attached hydrogen (secondary N) is 2. The van der Waals surface area contributed by atoms with Gasteiger partial charge in [-0.3, -0.25) is 4.79 Å². The van der Waals surface area contributed by atoms with Crippen LogP contribution in [-0.2, 0) is 9.53 Å². The monoisotopic (exact) mass is 278 g/mol. The van der Waals surface area contributed by atoms with Crippen LogP contribution in [0, 0.1) is 5.92 Å². The second kappa shape index (κ2) is 9.59. The van der Waals surface area contributed by atoms with E-state index in [2.05, 4.69) is 24.5 Å². The Hall–Kier alpha value is -0.320. The molecule has 4 nitrogen and oxygen atoms in total. The third-order valence-electron chi connectivity index (χ3n) is 3.39. The number of unbranched alkanes of at least 4 members (excludes halogenated alkanes) is 1. The van der Waals surface area contributed by atoms with Crippen LogP contribution in [0.5, 0.6) is 0 Å². The number of hydrogen-bond acceptors (Lipinski definition) is 3. The van der Waals surface area contributed by atoms with Crippen molar-refractivity contribution < 1.29 is 9.53 Å². The Labute approximate surface area is 117 Å². The summed E-state index contributed by atoms with van der Waals surface area (Å²) in [5, 5.41) is 6.38. The number of carbonyl (C=O) groups excluding carboxylic acids is 1. The van der Waals surface area contributed by atoms with Gasteiger partial charge in [0.25, 0.3) is 0 Å². The molecule has 3 atom stereocenters. The van der Waals surface area contributed by atoms with E-state index in [0.717, 1.165) is 32.4 Å². The number of amides is 1. The predicted octanol–water partition coefficient (Wildman–Crippen LogP) is 1.73. The zero-order valence-corrected chi connectivity index (χ0v) is 12.5. The summed E-state index contributed by atoms with van der Waals surface area (Å²) in [4.78, 5) is 11.9. The Morgan fingerprint density at radius 2 is 2.28 bits per heavy atom. The van der Waals surface area contributed by atoms with E-state index in [-0.39, 0.29) is 30.5 Å². The van der Waals surface area contributed by atoms with Crippen LogP contribution in [0.3, 0.4) is 0 Å². The lowest BCUT2D eigenvalue weighted by molar-refractivity contribution is -0.133. The zero-order chi connectivity index (χ0) is 12.7. The fourth-order valence-corrected chi connectivity index (χ4v) is 1.96. The second-order valence-electron chi connectivity index (χ2n) is 4.95. The largest absolute Gasteiger partial charge is 0.369 e. The van der Waals surface area contributed by atoms with Crippen LogP contribution in [0.4, 0.5) is 0 Å². The van der Waals surface area contributed by atoms with Gasteiger partial charge in [0.2, 0.25) is 5.91 Å². The fraction of sp³-hybridized carbons (Fsp3) is 0.923. The first kappa shape index (κ1) is 17.7. The number of rotatable bonds is 6. The Bertz CT molecular complexity index is 239. The summed E-state index contributed by atoms with van der Waals surface area (Å²) >= 11 is 0. The molecule has 0 aliphatic carbocycles. The Morgan fingerprint density at radius 1 is 1.56 bits per heavy atom. The highest BCUT2D eigenvalue weighted by atomic mass is 35.5. The standard InChI is InChI=1S/C13H26N2O2.ClH/c1-4-5-8-17-11(3)13(16)15-12-9-14-7-6-10(12)2;/h10-12,14H,4-9H2,1-3H3,(H,15,16);1H. The summed E-state index contributed by atoms with van der Waals surface area (Å²) in [6.07, 6.45) is 2.89. The first-order valence-corrected chi connectivity index (χ1v) is 6.77. The third-order valence-corrected chi connectivity index (χ3v) is 3.39. The van der Waals surface area contributed by atoms with Gasteiger partial charge in [-0.2, -0.15) is 0 Å². The Morgan fingerprint density at radius 3 is 2.89 bits per heavy atom. The van der Waals surface area contributed by atoms with Crippen molar-refractivity contribution in [2.24, 2.45) is 5.92 Å². The molecule has 3 unspecified atom stereocenters. The van der Waals surface area contributed by atoms with Crippen LogP contribution in [-0.4, -0.2) is 37.7 Å². The summed E-state index contributed by atoms with van der Waals surface area (Å²) in [6, 6.07) is 0.244. The predicted molar refractivity (Wildman–Crippen MR) is 76.2 cm³/mol. The van der Waals surface area contributed by atoms with Crippen LogP contribution < -0.4 is 10.6 Å². The molecule has 1 amide bonds. The minimum absolute atomic E-state index is 0. The number of halogens is 1. The number of hydrogen-bond donors (Lipinski definition) is 2. The Balaban J connectivity index is 0.00000289. The van der Waals surface area contributed by atoms with E-state index < -0.39 is 0 Å². The van der Waals surface area contributed by atoms with E-state index in [1.807, 2.05) is 6.92 Å². The highest BCUT2D eigenvalue weighted by Crippen LogP contribution is 2.11. The zero-order valence-electron chi connectivity index (χ0n) is 11.7. The van der Waals surface area contributed by atoms with Crippen molar-refractivity contribution in [1.82, 2.24) is 10.6 Å². The van der Waals surface area contributed by atoms with Gasteiger partial charge in [-0.05, 0) is 32.2 Å². The second-order valence-corrected chi connectivity index (χ2v) is 4.95. The molecule has 0 aromatic carbocycles. The highest BCUT2D eigenvalue weighted by Gasteiger charge is 2.24. The average molecular weight is 279 g/mol. The van der Waals surface area contributed by atoms with E-state index >= 15 is 0 Å². The van der Waals surface area contributed by atoms with Crippen molar-refractivity contribution in [3.8, 4) is 0 Å². The van der Waals surface area contributed by atoms with Gasteiger partial charge in [0.05, 0.1) is 0 Å². The quantitative estimate of drug-likeness (QED) is 0.728. The SMILES string of the molecule is CCCCOC(C)C(=O)NC1CNCCC1C.Cl. The molecule has 108 valence electrons. The van der Waals surface area contributed by atoms with E-state index in [4.69, 9.17) is 4.74 Å². The fourth-order valence-electron chi connectivity index (χ4n) is 1.96. The van der Waals surface area contributed by atoms with Gasteiger partial charge in [-0.25, -0.2) is 0 Å². The van der Waals surface area contributed by atoms with Gasteiger partial charge < -0.3 is 15.4 Å². The molecule has 1 aliphatic rings. The Kier molecular flexibility index (Phi) is 9.42. The summed E-state index contributed by atoms with van der Waals surface area (Å²) in [7, 11) is 0. The van der Waals surface area contributed by atoms with Gasteiger partial charge in [0.15, 0.2) is 0 Å². The first-order valence-electron chi connectivity index (χ1n) is 6.77. The van der Waals surface area contributed by atoms with E-state index in [1.165, 1.54) is 0 Å². The van der Waals surface area contributed by atoms with Crippen molar-refractivity contribution in [3.63, 3.8) is 0 Å². The van der Waals surface area contributed by atoms with Crippen LogP contribution in [0.25, 0.3) is 0 Å². The maximum absolute atomic E-state index is 11.9. The molecule has 0 aromatic rings. The number of piperidine rings is 1. The maximum Gasteiger partial charge on any atom is 0.249 e. The van der Waals surface area contributed by atoms with Crippen LogP contribution in [0.2, 0.25) is 0 Å². The molecular formula is C13H27ClN2O2. The summed E-state index contributed by atoms with van der Waals surface area (Å²) in [5.41, 5.74) is 0. The van der Waals surface area contributed by atoms with Gasteiger partial charge in [-0.1, -0.05) is 20.3 Å². The van der Waals surface area contributed by atoms with Gasteiger partial charge in [0.1, 0.15) is 6.10 Å². The summed E-state index contributed by atoms with van der Waals surface area (Å²) < 4.78 is 5.49. The molecule has 1 heterocycles. The molecule has 1 rings (SSSR count). The van der Waals surface area contributed by atoms with Gasteiger partial charge >= 0.3 is 0 Å². The van der Waals surface area contributed by atoms with Crippen LogP contribution >= 0.6 is 12.4 Å². The maximum atomic E-state index is 11.9. The molecule has 1 fully saturated rings. The van der Waals surface area contributed by atoms with Gasteiger partial charge in [-0.15, -0.1) is 12.4 Å². The molecule has 0 spiro atoms. The lowest BCUT2D eigenvalue weighted by Crippen LogP contribution is -2.52. The van der Waals surface area contributed by atoms with Crippen LogP contribution in [0.15, 0.2) is 0 Å². The average Bonchev–Trinajstić information content (AvgIpc) is 2.32. The first-order chi connectivity index (χ1) is 8.15. The van der Waals surface area contributed by atoms with Crippen molar-refractivity contribution >= 4 is 18.3 Å². The molecule has 1 saturated heterocycles. The van der Waals surface area contributed by atoms with Crippen molar-refractivity contribution in [2.45, 2.75) is 52.2 Å². The van der Waals surface area contributed by atoms with Gasteiger partial charge in [0, 0.05) is 19.2 Å². The minimum atomic E-state index is -0.337. The molecule has 2 N–H and O–H groups in total. The molecule has 0 bridgehead atoms. The third kappa shape index (κ3) is 6.03. The van der Waals surface area contributed by atoms with Crippen molar-refractivity contribution in [2.75, 3.05) is 19.7 Å². The molecule has 1 aliphatic heterocycles. The molecule has 18 heavy (non-hydrogen) atoms. The normalized spacial score (nSPS) is 25.1. The smallest absolute Gasteiger partial charge is 0.249 e. The van der Waals surface area contributed by atoms with E-state index in [0.29, 0.717) is 12.5 Å². The molecule has 0 aromatic heterocycles. The highest BCUT2D eigenvalue weighted by molar-refractivity contribution is 5.85.